The topological polar surface area (TPSA) is 80.2 Å². The van der Waals surface area contributed by atoms with Crippen molar-refractivity contribution in [3.8, 4) is 11.1 Å². The van der Waals surface area contributed by atoms with Crippen LogP contribution >= 0.6 is 0 Å². The van der Waals surface area contributed by atoms with Gasteiger partial charge in [0.15, 0.2) is 5.76 Å². The number of nitrogens with one attached hydrogen (secondary N) is 2. The molecule has 6 nitrogen and oxygen atoms in total. The van der Waals surface area contributed by atoms with Crippen molar-refractivity contribution in [2.24, 2.45) is 5.92 Å². The summed E-state index contributed by atoms with van der Waals surface area (Å²) in [6, 6.07) is 3.91. The van der Waals surface area contributed by atoms with Crippen LogP contribution in [0.2, 0.25) is 0 Å². The molecule has 6 heteroatoms. The Morgan fingerprint density at radius 3 is 3.03 bits per heavy atom. The van der Waals surface area contributed by atoms with Crippen LogP contribution in [0.4, 0.5) is 0 Å². The minimum absolute atomic E-state index is 0.0536. The molecule has 2 N–H and O–H groups in total. The van der Waals surface area contributed by atoms with Gasteiger partial charge in [-0.25, -0.2) is 4.98 Å². The number of furan rings is 1. The maximum Gasteiger partial charge on any atom is 0.287 e. The summed E-state index contributed by atoms with van der Waals surface area (Å²) in [4.78, 5) is 20.1. The van der Waals surface area contributed by atoms with E-state index in [1.165, 1.54) is 12.8 Å². The molecule has 0 bridgehead atoms. The first kappa shape index (κ1) is 22.7. The van der Waals surface area contributed by atoms with Crippen molar-refractivity contribution in [3.63, 3.8) is 0 Å². The Balaban J connectivity index is 1.20. The van der Waals surface area contributed by atoms with Crippen LogP contribution < -0.4 is 5.32 Å². The van der Waals surface area contributed by atoms with E-state index in [1.54, 1.807) is 12.3 Å². The molecule has 3 heterocycles. The van der Waals surface area contributed by atoms with Crippen molar-refractivity contribution in [1.82, 2.24) is 15.3 Å². The lowest BCUT2D eigenvalue weighted by molar-refractivity contribution is 0.0924. The van der Waals surface area contributed by atoms with Crippen molar-refractivity contribution in [2.45, 2.75) is 31.8 Å². The monoisotopic (exact) mass is 467 g/mol. The summed E-state index contributed by atoms with van der Waals surface area (Å²) in [6.07, 6.45) is 25.4. The molecular weight excluding hydrogens is 438 g/mol. The van der Waals surface area contributed by atoms with Crippen molar-refractivity contribution in [2.75, 3.05) is 6.54 Å². The third-order valence-electron chi connectivity index (χ3n) is 6.10. The van der Waals surface area contributed by atoms with Crippen LogP contribution in [0.15, 0.2) is 96.2 Å². The normalized spacial score (nSPS) is 17.5. The Morgan fingerprint density at radius 2 is 2.20 bits per heavy atom. The minimum Gasteiger partial charge on any atom is -0.487 e. The zero-order chi connectivity index (χ0) is 24.0. The van der Waals surface area contributed by atoms with Crippen LogP contribution in [-0.4, -0.2) is 28.5 Å². The number of fused-ring (bicyclic) bond motifs is 1. The van der Waals surface area contributed by atoms with Gasteiger partial charge in [-0.05, 0) is 55.0 Å². The first-order chi connectivity index (χ1) is 17.2. The van der Waals surface area contributed by atoms with E-state index in [-0.39, 0.29) is 12.0 Å². The summed E-state index contributed by atoms with van der Waals surface area (Å²) in [5, 5.41) is 3.94. The highest BCUT2D eigenvalue weighted by Crippen LogP contribution is 2.30. The van der Waals surface area contributed by atoms with Crippen LogP contribution in [0.25, 0.3) is 22.2 Å². The molecule has 3 aromatic rings. The molecule has 1 unspecified atom stereocenters. The molecule has 0 radical (unpaired) electrons. The van der Waals surface area contributed by atoms with Crippen LogP contribution in [0.3, 0.4) is 0 Å². The quantitative estimate of drug-likeness (QED) is 0.282. The van der Waals surface area contributed by atoms with Crippen molar-refractivity contribution in [1.29, 1.82) is 0 Å². The largest absolute Gasteiger partial charge is 0.487 e. The van der Waals surface area contributed by atoms with Gasteiger partial charge in [-0.2, -0.15) is 0 Å². The Kier molecular flexibility index (Phi) is 6.80. The van der Waals surface area contributed by atoms with Crippen molar-refractivity contribution in [3.05, 3.63) is 103 Å². The van der Waals surface area contributed by atoms with E-state index in [0.29, 0.717) is 24.0 Å². The number of H-pyrrole nitrogens is 1. The van der Waals surface area contributed by atoms with Gasteiger partial charge in [0.1, 0.15) is 17.5 Å². The van der Waals surface area contributed by atoms with E-state index in [0.717, 1.165) is 40.6 Å². The van der Waals surface area contributed by atoms with E-state index in [2.05, 4.69) is 40.1 Å². The fourth-order valence-corrected chi connectivity index (χ4v) is 3.96. The number of rotatable bonds is 10. The lowest BCUT2D eigenvalue weighted by Gasteiger charge is -2.15. The maximum atomic E-state index is 12.3. The minimum atomic E-state index is -0.167. The van der Waals surface area contributed by atoms with Gasteiger partial charge in [0.25, 0.3) is 5.91 Å². The highest BCUT2D eigenvalue weighted by Gasteiger charge is 2.23. The fraction of sp³-hybridized carbons (Fsp3) is 0.241. The first-order valence-electron chi connectivity index (χ1n) is 12.0. The van der Waals surface area contributed by atoms with Gasteiger partial charge >= 0.3 is 0 Å². The molecule has 0 saturated heterocycles. The molecule has 35 heavy (non-hydrogen) atoms. The molecular formula is C29H29N3O3. The molecule has 1 fully saturated rings. The number of aromatic amines is 1. The number of nitrogens with zero attached hydrogens (tertiary/aromatic N) is 1. The number of hydrogen-bond donors (Lipinski definition) is 2. The van der Waals surface area contributed by atoms with Gasteiger partial charge in [0.05, 0.1) is 6.26 Å². The van der Waals surface area contributed by atoms with Gasteiger partial charge in [-0.3, -0.25) is 4.79 Å². The Bertz CT molecular complexity index is 1330. The van der Waals surface area contributed by atoms with Crippen LogP contribution in [0.5, 0.6) is 0 Å². The number of pyridine rings is 1. The zero-order valence-electron chi connectivity index (χ0n) is 19.6. The molecule has 2 aliphatic rings. The van der Waals surface area contributed by atoms with E-state index in [1.807, 2.05) is 48.8 Å². The second kappa shape index (κ2) is 10.5. The van der Waals surface area contributed by atoms with Crippen LogP contribution in [-0.2, 0) is 11.2 Å². The molecule has 0 aromatic carbocycles. The molecule has 2 aliphatic carbocycles. The first-order valence-corrected chi connectivity index (χ1v) is 12.0. The fourth-order valence-electron chi connectivity index (χ4n) is 3.96. The molecule has 0 spiro atoms. The molecule has 5 rings (SSSR count). The summed E-state index contributed by atoms with van der Waals surface area (Å²) >= 11 is 0. The van der Waals surface area contributed by atoms with E-state index < -0.39 is 0 Å². The van der Waals surface area contributed by atoms with E-state index in [4.69, 9.17) is 9.15 Å². The lowest BCUT2D eigenvalue weighted by Crippen LogP contribution is -2.24. The molecule has 0 aliphatic heterocycles. The second-order valence-corrected chi connectivity index (χ2v) is 8.96. The molecule has 1 atom stereocenters. The predicted molar refractivity (Wildman–Crippen MR) is 138 cm³/mol. The lowest BCUT2D eigenvalue weighted by atomic mass is 10.1. The molecule has 3 aromatic heterocycles. The number of amides is 1. The smallest absolute Gasteiger partial charge is 0.287 e. The summed E-state index contributed by atoms with van der Waals surface area (Å²) < 4.78 is 11.3. The maximum absolute atomic E-state index is 12.3. The van der Waals surface area contributed by atoms with E-state index in [9.17, 15) is 4.79 Å². The average molecular weight is 468 g/mol. The highest BCUT2D eigenvalue weighted by atomic mass is 16.5. The van der Waals surface area contributed by atoms with Crippen LogP contribution in [0.1, 0.15) is 35.4 Å². The van der Waals surface area contributed by atoms with Gasteiger partial charge in [-0.15, -0.1) is 0 Å². The average Bonchev–Trinajstić information content (AvgIpc) is 3.40. The zero-order valence-corrected chi connectivity index (χ0v) is 19.6. The van der Waals surface area contributed by atoms with Crippen molar-refractivity contribution < 1.29 is 13.9 Å². The van der Waals surface area contributed by atoms with Gasteiger partial charge < -0.3 is 19.5 Å². The summed E-state index contributed by atoms with van der Waals surface area (Å²) in [5.41, 5.74) is 3.70. The van der Waals surface area contributed by atoms with Gasteiger partial charge in [0.2, 0.25) is 0 Å². The molecule has 1 amide bonds. The number of carbonyl (C=O) groups excluding carboxylic acids is 1. The Labute approximate surface area is 204 Å². The second-order valence-electron chi connectivity index (χ2n) is 8.96. The van der Waals surface area contributed by atoms with Gasteiger partial charge in [-0.1, -0.05) is 43.0 Å². The number of ether oxygens (including phenoxy) is 1. The third-order valence-corrected chi connectivity index (χ3v) is 6.10. The van der Waals surface area contributed by atoms with E-state index >= 15 is 0 Å². The number of aromatic nitrogens is 2. The SMILES string of the molecule is C=C(/C=C\C=C/Cc1cnc2[nH]cc(-c3coc(C(=O)NCC4CC4)c3)c2c1)OC1C=CC=CC1. The number of hydrogen-bond acceptors (Lipinski definition) is 4. The number of allylic oxidation sites excluding steroid dienone is 6. The van der Waals surface area contributed by atoms with Crippen molar-refractivity contribution >= 4 is 16.9 Å². The highest BCUT2D eigenvalue weighted by molar-refractivity contribution is 5.97. The molecule has 1 saturated carbocycles. The standard InChI is InChI=1S/C29H29N3O3/c1-20(35-24-10-6-3-7-11-24)8-4-2-5-9-22-14-25-26(18-31-28(25)30-17-22)23-15-27(34-19-23)29(33)32-16-21-12-13-21/h2-8,10,14-15,17-19,21,24H,1,9,11-13,16H2,(H,30,31)(H,32,33)/b5-2-,8-4-. The number of carbonyl (C=O) groups is 1. The third kappa shape index (κ3) is 5.90. The summed E-state index contributed by atoms with van der Waals surface area (Å²) in [5.74, 6) is 1.43. The molecule has 178 valence electrons. The van der Waals surface area contributed by atoms with Gasteiger partial charge in [0, 0.05) is 41.9 Å². The Morgan fingerprint density at radius 1 is 1.29 bits per heavy atom. The summed E-state index contributed by atoms with van der Waals surface area (Å²) in [7, 11) is 0. The summed E-state index contributed by atoms with van der Waals surface area (Å²) in [6.45, 7) is 4.67. The predicted octanol–water partition coefficient (Wildman–Crippen LogP) is 6.03. The Hall–Kier alpha value is -4.06. The van der Waals surface area contributed by atoms with Crippen LogP contribution in [0, 0.1) is 5.92 Å².